The van der Waals surface area contributed by atoms with Gasteiger partial charge < -0.3 is 15.8 Å². The van der Waals surface area contributed by atoms with Gasteiger partial charge in [-0.15, -0.1) is 0 Å². The largest absolute Gasteiger partial charge is 0.425 e. The third-order valence-electron chi connectivity index (χ3n) is 8.10. The number of hydrogen-bond acceptors (Lipinski definition) is 4. The molecule has 0 saturated heterocycles. The number of hydrogen-bond donors (Lipinski definition) is 2. The Morgan fingerprint density at radius 3 is 2.39 bits per heavy atom. The number of amides is 1. The molecule has 3 N–H and O–H groups in total. The first kappa shape index (κ1) is 24.3. The fraction of sp³-hybridized carbons (Fsp3) is 0.355. The van der Waals surface area contributed by atoms with Gasteiger partial charge in [-0.3, -0.25) is 4.79 Å². The van der Waals surface area contributed by atoms with Crippen molar-refractivity contribution in [3.05, 3.63) is 94.5 Å². The van der Waals surface area contributed by atoms with Crippen LogP contribution in [0.1, 0.15) is 59.9 Å². The Morgan fingerprint density at radius 1 is 1.00 bits per heavy atom. The third kappa shape index (κ3) is 4.22. The molecule has 5 nitrogen and oxygen atoms in total. The summed E-state index contributed by atoms with van der Waals surface area (Å²) in [6.07, 6.45) is 5.93. The minimum Gasteiger partial charge on any atom is -0.425 e. The van der Waals surface area contributed by atoms with Crippen LogP contribution in [0.3, 0.4) is 0 Å². The zero-order chi connectivity index (χ0) is 25.3. The fourth-order valence-corrected chi connectivity index (χ4v) is 6.03. The Labute approximate surface area is 213 Å². The number of ether oxygens (including phenoxy) is 1. The van der Waals surface area contributed by atoms with Gasteiger partial charge in [0.05, 0.1) is 0 Å². The predicted molar refractivity (Wildman–Crippen MR) is 142 cm³/mol. The standard InChI is InChI=1S/C31H34N2O3/c1-20-13-18-26-28(21(20)2)33-30(35)31(26,23-11-7-4-8-12-23)24-14-16-25(17-15-24)36-29(34)27(32)19-22-9-5-3-6-10-22/h3,5-6,9-10,13-18,23,27H,4,7-8,11-12,19,32H2,1-2H3,(H,33,35)/t27-,31?/m0/s1. The molecular weight excluding hydrogens is 448 g/mol. The van der Waals surface area contributed by atoms with Crippen LogP contribution >= 0.6 is 0 Å². The lowest BCUT2D eigenvalue weighted by molar-refractivity contribution is -0.135. The highest BCUT2D eigenvalue weighted by molar-refractivity contribution is 6.09. The maximum absolute atomic E-state index is 13.8. The van der Waals surface area contributed by atoms with Crippen molar-refractivity contribution in [3.8, 4) is 5.75 Å². The summed E-state index contributed by atoms with van der Waals surface area (Å²) < 4.78 is 5.61. The summed E-state index contributed by atoms with van der Waals surface area (Å²) in [6, 6.07) is 20.6. The van der Waals surface area contributed by atoms with Crippen LogP contribution in [0.5, 0.6) is 5.75 Å². The number of rotatable bonds is 6. The van der Waals surface area contributed by atoms with E-state index >= 15 is 0 Å². The van der Waals surface area contributed by atoms with E-state index in [1.54, 1.807) is 12.1 Å². The van der Waals surface area contributed by atoms with Crippen LogP contribution in [0.15, 0.2) is 66.7 Å². The van der Waals surface area contributed by atoms with Crippen molar-refractivity contribution in [2.45, 2.75) is 63.8 Å². The lowest BCUT2D eigenvalue weighted by Crippen LogP contribution is -2.43. The van der Waals surface area contributed by atoms with Crippen molar-refractivity contribution in [2.75, 3.05) is 5.32 Å². The van der Waals surface area contributed by atoms with Gasteiger partial charge in [0, 0.05) is 5.69 Å². The van der Waals surface area contributed by atoms with E-state index in [-0.39, 0.29) is 11.8 Å². The maximum atomic E-state index is 13.8. The van der Waals surface area contributed by atoms with Gasteiger partial charge in [-0.1, -0.05) is 73.9 Å². The molecule has 0 aromatic heterocycles. The van der Waals surface area contributed by atoms with Gasteiger partial charge in [0.15, 0.2) is 0 Å². The van der Waals surface area contributed by atoms with Crippen molar-refractivity contribution in [1.82, 2.24) is 0 Å². The minimum atomic E-state index is -0.751. The van der Waals surface area contributed by atoms with E-state index in [4.69, 9.17) is 10.5 Å². The van der Waals surface area contributed by atoms with Crippen molar-refractivity contribution in [3.63, 3.8) is 0 Å². The van der Waals surface area contributed by atoms with Gasteiger partial charge in [-0.05, 0) is 79.0 Å². The molecular formula is C31H34N2O3. The summed E-state index contributed by atoms with van der Waals surface area (Å²) in [5.74, 6) is 0.239. The van der Waals surface area contributed by atoms with Gasteiger partial charge in [0.25, 0.3) is 0 Å². The van der Waals surface area contributed by atoms with Crippen molar-refractivity contribution in [1.29, 1.82) is 0 Å². The Kier molecular flexibility index (Phi) is 6.67. The van der Waals surface area contributed by atoms with E-state index < -0.39 is 17.4 Å². The van der Waals surface area contributed by atoms with Crippen molar-refractivity contribution in [2.24, 2.45) is 11.7 Å². The summed E-state index contributed by atoms with van der Waals surface area (Å²) in [6.45, 7) is 4.15. The average Bonchev–Trinajstić information content (AvgIpc) is 3.21. The lowest BCUT2D eigenvalue weighted by atomic mass is 9.62. The second-order valence-electron chi connectivity index (χ2n) is 10.3. The van der Waals surface area contributed by atoms with Crippen molar-refractivity contribution < 1.29 is 14.3 Å². The first-order valence-corrected chi connectivity index (χ1v) is 12.9. The molecule has 0 spiro atoms. The number of fused-ring (bicyclic) bond motifs is 1. The van der Waals surface area contributed by atoms with Crippen molar-refractivity contribution >= 4 is 17.6 Å². The van der Waals surface area contributed by atoms with Crippen LogP contribution in [0.25, 0.3) is 0 Å². The van der Waals surface area contributed by atoms with Crippen LogP contribution in [0, 0.1) is 19.8 Å². The van der Waals surface area contributed by atoms with Crippen LogP contribution < -0.4 is 15.8 Å². The summed E-state index contributed by atoms with van der Waals surface area (Å²) in [4.78, 5) is 26.5. The highest BCUT2D eigenvalue weighted by Gasteiger charge is 2.53. The highest BCUT2D eigenvalue weighted by Crippen LogP contribution is 2.53. The zero-order valence-corrected chi connectivity index (χ0v) is 21.1. The Morgan fingerprint density at radius 2 is 1.69 bits per heavy atom. The number of aryl methyl sites for hydroxylation is 1. The molecule has 1 unspecified atom stereocenters. The molecule has 1 aliphatic heterocycles. The molecule has 5 rings (SSSR count). The van der Waals surface area contributed by atoms with E-state index in [0.717, 1.165) is 53.6 Å². The van der Waals surface area contributed by atoms with E-state index in [1.807, 2.05) is 42.5 Å². The summed E-state index contributed by atoms with van der Waals surface area (Å²) in [5.41, 5.74) is 11.6. The third-order valence-corrected chi connectivity index (χ3v) is 8.10. The van der Waals surface area contributed by atoms with Crippen LogP contribution in [0.4, 0.5) is 5.69 Å². The average molecular weight is 483 g/mol. The summed E-state index contributed by atoms with van der Waals surface area (Å²) in [5, 5.41) is 3.24. The number of anilines is 1. The molecule has 2 aliphatic rings. The number of nitrogens with one attached hydrogen (secondary N) is 1. The summed E-state index contributed by atoms with van der Waals surface area (Å²) in [7, 11) is 0. The normalized spacial score (nSPS) is 20.5. The zero-order valence-electron chi connectivity index (χ0n) is 21.1. The molecule has 0 radical (unpaired) electrons. The van der Waals surface area contributed by atoms with E-state index in [2.05, 4.69) is 31.3 Å². The Balaban J connectivity index is 1.44. The molecule has 1 amide bonds. The summed E-state index contributed by atoms with van der Waals surface area (Å²) >= 11 is 0. The molecule has 1 fully saturated rings. The molecule has 1 heterocycles. The smallest absolute Gasteiger partial charge is 0.328 e. The molecule has 1 saturated carbocycles. The molecule has 1 aliphatic carbocycles. The quantitative estimate of drug-likeness (QED) is 0.354. The molecule has 2 atom stereocenters. The Bertz CT molecular complexity index is 1260. The number of esters is 1. The molecule has 5 heteroatoms. The van der Waals surface area contributed by atoms with Gasteiger partial charge in [-0.25, -0.2) is 4.79 Å². The second kappa shape index (κ2) is 9.90. The first-order valence-electron chi connectivity index (χ1n) is 12.9. The van der Waals surface area contributed by atoms with E-state index in [9.17, 15) is 9.59 Å². The lowest BCUT2D eigenvalue weighted by Gasteiger charge is -2.39. The topological polar surface area (TPSA) is 81.4 Å². The number of carbonyl (C=O) groups excluding carboxylic acids is 2. The van der Waals surface area contributed by atoms with Crippen LogP contribution in [-0.2, 0) is 21.4 Å². The fourth-order valence-electron chi connectivity index (χ4n) is 6.03. The maximum Gasteiger partial charge on any atom is 0.328 e. The van der Waals surface area contributed by atoms with Crippen LogP contribution in [-0.4, -0.2) is 17.9 Å². The van der Waals surface area contributed by atoms with E-state index in [0.29, 0.717) is 12.2 Å². The van der Waals surface area contributed by atoms with Gasteiger partial charge in [-0.2, -0.15) is 0 Å². The molecule has 3 aromatic rings. The number of carbonyl (C=O) groups is 2. The second-order valence-corrected chi connectivity index (χ2v) is 10.3. The number of benzene rings is 3. The highest BCUT2D eigenvalue weighted by atomic mass is 16.5. The SMILES string of the molecule is Cc1ccc2c(c1C)NC(=O)C2(c1ccc(OC(=O)[C@@H](N)Cc2ccccc2)cc1)C1CCCCC1. The molecule has 186 valence electrons. The van der Waals surface area contributed by atoms with E-state index in [1.165, 1.54) is 12.0 Å². The van der Waals surface area contributed by atoms with Gasteiger partial charge >= 0.3 is 5.97 Å². The first-order chi connectivity index (χ1) is 17.4. The predicted octanol–water partition coefficient (Wildman–Crippen LogP) is 5.60. The molecule has 3 aromatic carbocycles. The number of nitrogens with two attached hydrogens (primary N) is 1. The molecule has 36 heavy (non-hydrogen) atoms. The molecule has 0 bridgehead atoms. The van der Waals surface area contributed by atoms with Gasteiger partial charge in [0.2, 0.25) is 5.91 Å². The Hall–Kier alpha value is -3.44. The van der Waals surface area contributed by atoms with Gasteiger partial charge in [0.1, 0.15) is 17.2 Å². The minimum absolute atomic E-state index is 0.0488. The van der Waals surface area contributed by atoms with Crippen LogP contribution in [0.2, 0.25) is 0 Å². The monoisotopic (exact) mass is 482 g/mol.